The molecule has 0 saturated carbocycles. The second-order valence-corrected chi connectivity index (χ2v) is 7.35. The first-order valence-electron chi connectivity index (χ1n) is 10.1. The first-order valence-corrected chi connectivity index (χ1v) is 11.1. The smallest absolute Gasteiger partial charge is 0.204 e. The van der Waals surface area contributed by atoms with Crippen LogP contribution in [-0.2, 0) is 0 Å². The average Bonchev–Trinajstić information content (AvgIpc) is 2.74. The van der Waals surface area contributed by atoms with Gasteiger partial charge in [0.15, 0.2) is 17.3 Å². The van der Waals surface area contributed by atoms with Gasteiger partial charge in [0.25, 0.3) is 0 Å². The van der Waals surface area contributed by atoms with Crippen molar-refractivity contribution in [3.05, 3.63) is 53.6 Å². The van der Waals surface area contributed by atoms with Crippen molar-refractivity contribution in [2.75, 3.05) is 25.6 Å². The molecule has 4 nitrogen and oxygen atoms in total. The third-order valence-corrected chi connectivity index (χ3v) is 5.23. The molecule has 0 spiro atoms. The molecule has 0 unspecified atom stereocenters. The monoisotopic (exact) mass is 414 g/mol. The van der Waals surface area contributed by atoms with E-state index in [2.05, 4.69) is 6.92 Å². The Morgan fingerprint density at radius 1 is 0.862 bits per heavy atom. The van der Waals surface area contributed by atoms with E-state index in [4.69, 9.17) is 14.2 Å². The number of hydrogen-bond donors (Lipinski definition) is 0. The van der Waals surface area contributed by atoms with Crippen molar-refractivity contribution < 1.29 is 19.0 Å². The van der Waals surface area contributed by atoms with Gasteiger partial charge >= 0.3 is 0 Å². The minimum Gasteiger partial charge on any atom is -0.490 e. The maximum absolute atomic E-state index is 12.6. The van der Waals surface area contributed by atoms with Crippen LogP contribution in [0.25, 0.3) is 6.08 Å². The van der Waals surface area contributed by atoms with Crippen LogP contribution in [0.2, 0.25) is 0 Å². The molecular weight excluding hydrogens is 384 g/mol. The van der Waals surface area contributed by atoms with Crippen LogP contribution >= 0.6 is 11.8 Å². The number of thioether (sulfide) groups is 1. The Bertz CT molecular complexity index is 812. The number of allylic oxidation sites excluding steroid dienone is 1. The lowest BCUT2D eigenvalue weighted by Crippen LogP contribution is -2.04. The van der Waals surface area contributed by atoms with Crippen LogP contribution in [0.5, 0.6) is 17.2 Å². The standard InChI is InChI=1S/C24H30O4S/c1-5-17-29-20-13-9-18(10-14-20)21(25)15-11-19-12-16-22(26-6-2)24(28-8-4)23(19)27-7-3/h9-16H,5-8,17H2,1-4H3/b15-11+. The molecule has 0 atom stereocenters. The molecule has 29 heavy (non-hydrogen) atoms. The van der Waals surface area contributed by atoms with Gasteiger partial charge in [-0.15, -0.1) is 11.8 Å². The van der Waals surface area contributed by atoms with Crippen molar-refractivity contribution in [1.82, 2.24) is 0 Å². The fourth-order valence-electron chi connectivity index (χ4n) is 2.73. The van der Waals surface area contributed by atoms with E-state index < -0.39 is 0 Å². The highest BCUT2D eigenvalue weighted by atomic mass is 32.2. The summed E-state index contributed by atoms with van der Waals surface area (Å²) in [5.74, 6) is 2.83. The Hall–Kier alpha value is -2.40. The van der Waals surface area contributed by atoms with Gasteiger partial charge in [-0.2, -0.15) is 0 Å². The Kier molecular flexibility index (Phi) is 9.65. The summed E-state index contributed by atoms with van der Waals surface area (Å²) in [6.45, 7) is 9.43. The molecule has 0 radical (unpaired) electrons. The summed E-state index contributed by atoms with van der Waals surface area (Å²) in [5.41, 5.74) is 1.44. The molecule has 0 aliphatic carbocycles. The fourth-order valence-corrected chi connectivity index (χ4v) is 3.50. The SMILES string of the molecule is CCCSc1ccc(C(=O)/C=C/c2ccc(OCC)c(OCC)c2OCC)cc1. The first-order chi connectivity index (χ1) is 14.1. The number of hydrogen-bond acceptors (Lipinski definition) is 5. The number of ether oxygens (including phenoxy) is 3. The third kappa shape index (κ3) is 6.57. The molecule has 0 heterocycles. The van der Waals surface area contributed by atoms with Gasteiger partial charge in [-0.05, 0) is 81.5 Å². The summed E-state index contributed by atoms with van der Waals surface area (Å²) in [6, 6.07) is 11.5. The zero-order chi connectivity index (χ0) is 21.1. The lowest BCUT2D eigenvalue weighted by molar-refractivity contribution is 0.104. The van der Waals surface area contributed by atoms with Crippen LogP contribution in [0.15, 0.2) is 47.4 Å². The maximum atomic E-state index is 12.6. The van der Waals surface area contributed by atoms with Crippen LogP contribution < -0.4 is 14.2 Å². The molecule has 0 aliphatic rings. The number of ketones is 1. The molecule has 2 rings (SSSR count). The molecule has 0 aliphatic heterocycles. The van der Waals surface area contributed by atoms with Crippen molar-refractivity contribution in [2.45, 2.75) is 39.0 Å². The van der Waals surface area contributed by atoms with E-state index in [1.165, 1.54) is 4.90 Å². The molecule has 0 amide bonds. The van der Waals surface area contributed by atoms with E-state index >= 15 is 0 Å². The van der Waals surface area contributed by atoms with Gasteiger partial charge in [-0.25, -0.2) is 0 Å². The topological polar surface area (TPSA) is 44.8 Å². The van der Waals surface area contributed by atoms with E-state index in [-0.39, 0.29) is 5.78 Å². The zero-order valence-electron chi connectivity index (χ0n) is 17.7. The van der Waals surface area contributed by atoms with Crippen molar-refractivity contribution >= 4 is 23.6 Å². The molecule has 0 fully saturated rings. The Morgan fingerprint density at radius 2 is 1.52 bits per heavy atom. The lowest BCUT2D eigenvalue weighted by atomic mass is 10.1. The number of rotatable bonds is 12. The minimum absolute atomic E-state index is 0.0497. The van der Waals surface area contributed by atoms with Crippen LogP contribution in [0.1, 0.15) is 50.0 Å². The highest BCUT2D eigenvalue weighted by Crippen LogP contribution is 2.41. The van der Waals surface area contributed by atoms with E-state index in [1.807, 2.05) is 57.2 Å². The van der Waals surface area contributed by atoms with E-state index in [1.54, 1.807) is 23.9 Å². The van der Waals surface area contributed by atoms with Gasteiger partial charge in [-0.1, -0.05) is 6.92 Å². The Balaban J connectivity index is 2.25. The summed E-state index contributed by atoms with van der Waals surface area (Å²) < 4.78 is 17.3. The molecule has 0 aromatic heterocycles. The molecule has 0 saturated heterocycles. The van der Waals surface area contributed by atoms with Crippen LogP contribution in [0.3, 0.4) is 0 Å². The molecular formula is C24H30O4S. The fraction of sp³-hybridized carbons (Fsp3) is 0.375. The van der Waals surface area contributed by atoms with Gasteiger partial charge in [0.2, 0.25) is 5.75 Å². The number of benzene rings is 2. The Labute approximate surface area is 178 Å². The van der Waals surface area contributed by atoms with Crippen LogP contribution in [-0.4, -0.2) is 31.4 Å². The highest BCUT2D eigenvalue weighted by Gasteiger charge is 2.16. The Morgan fingerprint density at radius 3 is 2.14 bits per heavy atom. The number of carbonyl (C=O) groups is 1. The quantitative estimate of drug-likeness (QED) is 0.232. The van der Waals surface area contributed by atoms with E-state index in [9.17, 15) is 4.79 Å². The predicted octanol–water partition coefficient (Wildman–Crippen LogP) is 6.28. The van der Waals surface area contributed by atoms with Gasteiger partial charge in [-0.3, -0.25) is 4.79 Å². The highest BCUT2D eigenvalue weighted by molar-refractivity contribution is 7.99. The van der Waals surface area contributed by atoms with Crippen molar-refractivity contribution in [3.63, 3.8) is 0 Å². The molecule has 156 valence electrons. The zero-order valence-corrected chi connectivity index (χ0v) is 18.5. The third-order valence-electron chi connectivity index (χ3n) is 4.01. The van der Waals surface area contributed by atoms with Crippen molar-refractivity contribution in [3.8, 4) is 17.2 Å². The largest absolute Gasteiger partial charge is 0.490 e. The summed E-state index contributed by atoms with van der Waals surface area (Å²) >= 11 is 1.80. The summed E-state index contributed by atoms with van der Waals surface area (Å²) in [6.07, 6.45) is 4.47. The van der Waals surface area contributed by atoms with Gasteiger partial charge in [0.1, 0.15) is 0 Å². The maximum Gasteiger partial charge on any atom is 0.204 e. The normalized spacial score (nSPS) is 10.9. The van der Waals surface area contributed by atoms with Crippen LogP contribution in [0, 0.1) is 0 Å². The van der Waals surface area contributed by atoms with Crippen LogP contribution in [0.4, 0.5) is 0 Å². The second-order valence-electron chi connectivity index (χ2n) is 6.18. The van der Waals surface area contributed by atoms with Gasteiger partial charge in [0, 0.05) is 16.0 Å². The van der Waals surface area contributed by atoms with Gasteiger partial charge < -0.3 is 14.2 Å². The molecule has 2 aromatic rings. The molecule has 5 heteroatoms. The number of carbonyl (C=O) groups excluding carboxylic acids is 1. The second kappa shape index (κ2) is 12.2. The van der Waals surface area contributed by atoms with Gasteiger partial charge in [0.05, 0.1) is 19.8 Å². The summed E-state index contributed by atoms with van der Waals surface area (Å²) in [4.78, 5) is 13.8. The van der Waals surface area contributed by atoms with E-state index in [0.29, 0.717) is 42.6 Å². The lowest BCUT2D eigenvalue weighted by Gasteiger charge is -2.17. The van der Waals surface area contributed by atoms with Crippen molar-refractivity contribution in [2.24, 2.45) is 0 Å². The first kappa shape index (κ1) is 22.9. The predicted molar refractivity (Wildman–Crippen MR) is 121 cm³/mol. The van der Waals surface area contributed by atoms with E-state index in [0.717, 1.165) is 17.7 Å². The summed E-state index contributed by atoms with van der Waals surface area (Å²) in [5, 5.41) is 0. The average molecular weight is 415 g/mol. The molecule has 0 bridgehead atoms. The molecule has 0 N–H and O–H groups in total. The van der Waals surface area contributed by atoms with Crippen molar-refractivity contribution in [1.29, 1.82) is 0 Å². The molecule has 2 aromatic carbocycles. The minimum atomic E-state index is -0.0497. The summed E-state index contributed by atoms with van der Waals surface area (Å²) in [7, 11) is 0.